The molecule has 1 saturated carbocycles. The van der Waals surface area contributed by atoms with Crippen molar-refractivity contribution in [3.05, 3.63) is 17.0 Å². The maximum atomic E-state index is 11.3. The van der Waals surface area contributed by atoms with Crippen molar-refractivity contribution in [2.75, 3.05) is 5.32 Å². The van der Waals surface area contributed by atoms with E-state index in [-0.39, 0.29) is 11.8 Å². The van der Waals surface area contributed by atoms with Crippen LogP contribution in [-0.4, -0.2) is 11.8 Å². The monoisotopic (exact) mass is 210 g/mol. The van der Waals surface area contributed by atoms with Gasteiger partial charge in [0.05, 0.1) is 9.88 Å². The highest BCUT2D eigenvalue weighted by molar-refractivity contribution is 7.18. The fourth-order valence-electron chi connectivity index (χ4n) is 1.11. The number of thiophene rings is 1. The van der Waals surface area contributed by atoms with Gasteiger partial charge in [-0.3, -0.25) is 9.59 Å². The molecule has 0 spiro atoms. The normalized spacial score (nSPS) is 15.1. The lowest BCUT2D eigenvalue weighted by atomic mass is 10.4. The van der Waals surface area contributed by atoms with Gasteiger partial charge in [-0.1, -0.05) is 0 Å². The van der Waals surface area contributed by atoms with E-state index in [0.29, 0.717) is 9.88 Å². The Labute approximate surface area is 85.1 Å². The summed E-state index contributed by atoms with van der Waals surface area (Å²) in [6, 6.07) is 3.32. The van der Waals surface area contributed by atoms with E-state index in [4.69, 9.17) is 5.73 Å². The number of nitrogens with one attached hydrogen (secondary N) is 1. The average molecular weight is 210 g/mol. The molecule has 0 aromatic carbocycles. The number of amides is 2. The molecule has 14 heavy (non-hydrogen) atoms. The number of anilines is 1. The highest BCUT2D eigenvalue weighted by Crippen LogP contribution is 2.31. The Morgan fingerprint density at radius 2 is 2.14 bits per heavy atom. The van der Waals surface area contributed by atoms with Crippen molar-refractivity contribution in [2.45, 2.75) is 12.8 Å². The van der Waals surface area contributed by atoms with Gasteiger partial charge in [-0.15, -0.1) is 11.3 Å². The van der Waals surface area contributed by atoms with Gasteiger partial charge in [0.25, 0.3) is 5.91 Å². The van der Waals surface area contributed by atoms with Crippen molar-refractivity contribution in [3.8, 4) is 0 Å². The Morgan fingerprint density at radius 3 is 2.64 bits per heavy atom. The molecule has 0 radical (unpaired) electrons. The molecule has 1 aromatic heterocycles. The van der Waals surface area contributed by atoms with Crippen LogP contribution in [0, 0.1) is 5.92 Å². The topological polar surface area (TPSA) is 72.2 Å². The molecule has 1 aliphatic carbocycles. The molecule has 4 nitrogen and oxygen atoms in total. The molecule has 1 aromatic rings. The molecule has 0 atom stereocenters. The Morgan fingerprint density at radius 1 is 1.43 bits per heavy atom. The summed E-state index contributed by atoms with van der Waals surface area (Å²) in [6.07, 6.45) is 1.94. The van der Waals surface area contributed by atoms with Crippen LogP contribution in [0.2, 0.25) is 0 Å². The van der Waals surface area contributed by atoms with Gasteiger partial charge in [0.1, 0.15) is 0 Å². The lowest BCUT2D eigenvalue weighted by molar-refractivity contribution is -0.117. The van der Waals surface area contributed by atoms with Crippen molar-refractivity contribution in [1.82, 2.24) is 0 Å². The number of carbonyl (C=O) groups excluding carboxylic acids is 2. The number of carbonyl (C=O) groups is 2. The van der Waals surface area contributed by atoms with Gasteiger partial charge in [0.2, 0.25) is 5.91 Å². The highest BCUT2D eigenvalue weighted by Gasteiger charge is 2.29. The third kappa shape index (κ3) is 1.93. The van der Waals surface area contributed by atoms with E-state index in [1.165, 1.54) is 11.3 Å². The van der Waals surface area contributed by atoms with Gasteiger partial charge in [-0.05, 0) is 25.0 Å². The van der Waals surface area contributed by atoms with E-state index >= 15 is 0 Å². The van der Waals surface area contributed by atoms with Gasteiger partial charge >= 0.3 is 0 Å². The summed E-state index contributed by atoms with van der Waals surface area (Å²) in [5.41, 5.74) is 5.09. The second-order valence-corrected chi connectivity index (χ2v) is 4.38. The standard InChI is InChI=1S/C9H10N2O2S/c10-8(12)6-3-4-7(14-6)11-9(13)5-1-2-5/h3-5H,1-2H2,(H2,10,12)(H,11,13). The molecule has 0 aliphatic heterocycles. The van der Waals surface area contributed by atoms with Gasteiger partial charge in [0.15, 0.2) is 0 Å². The molecule has 2 rings (SSSR count). The predicted molar refractivity (Wildman–Crippen MR) is 54.2 cm³/mol. The van der Waals surface area contributed by atoms with Crippen molar-refractivity contribution in [3.63, 3.8) is 0 Å². The Bertz CT molecular complexity index is 382. The van der Waals surface area contributed by atoms with Gasteiger partial charge in [-0.2, -0.15) is 0 Å². The van der Waals surface area contributed by atoms with E-state index < -0.39 is 5.91 Å². The van der Waals surface area contributed by atoms with Gasteiger partial charge in [0, 0.05) is 5.92 Å². The second-order valence-electron chi connectivity index (χ2n) is 3.29. The molecule has 5 heteroatoms. The molecule has 2 amide bonds. The first-order valence-corrected chi connectivity index (χ1v) is 5.19. The highest BCUT2D eigenvalue weighted by atomic mass is 32.1. The van der Waals surface area contributed by atoms with Crippen LogP contribution in [0.15, 0.2) is 12.1 Å². The number of hydrogen-bond donors (Lipinski definition) is 2. The lowest BCUT2D eigenvalue weighted by Gasteiger charge is -1.98. The van der Waals surface area contributed by atoms with Crippen molar-refractivity contribution in [1.29, 1.82) is 0 Å². The Kier molecular flexibility index (Phi) is 2.25. The van der Waals surface area contributed by atoms with Crippen LogP contribution < -0.4 is 11.1 Å². The summed E-state index contributed by atoms with van der Waals surface area (Å²) in [5, 5.41) is 3.44. The molecule has 1 fully saturated rings. The molecular weight excluding hydrogens is 200 g/mol. The van der Waals surface area contributed by atoms with Gasteiger partial charge in [-0.25, -0.2) is 0 Å². The third-order valence-corrected chi connectivity index (χ3v) is 3.06. The van der Waals surface area contributed by atoms with Gasteiger partial charge < -0.3 is 11.1 Å². The molecule has 74 valence electrons. The van der Waals surface area contributed by atoms with E-state index in [9.17, 15) is 9.59 Å². The van der Waals surface area contributed by atoms with E-state index in [1.54, 1.807) is 12.1 Å². The van der Waals surface area contributed by atoms with Crippen molar-refractivity contribution in [2.24, 2.45) is 11.7 Å². The molecule has 0 saturated heterocycles. The third-order valence-electron chi connectivity index (χ3n) is 2.04. The first-order chi connectivity index (χ1) is 6.66. The number of nitrogens with two attached hydrogens (primary N) is 1. The van der Waals surface area contributed by atoms with Crippen LogP contribution in [0.1, 0.15) is 22.5 Å². The summed E-state index contributed by atoms with van der Waals surface area (Å²) in [7, 11) is 0. The smallest absolute Gasteiger partial charge is 0.258 e. The molecule has 0 bridgehead atoms. The summed E-state index contributed by atoms with van der Waals surface area (Å²) in [5.74, 6) is -0.237. The largest absolute Gasteiger partial charge is 0.365 e. The maximum Gasteiger partial charge on any atom is 0.258 e. The zero-order chi connectivity index (χ0) is 10.1. The average Bonchev–Trinajstić information content (AvgIpc) is 2.87. The van der Waals surface area contributed by atoms with Crippen LogP contribution >= 0.6 is 11.3 Å². The summed E-state index contributed by atoms with van der Waals surface area (Å²) >= 11 is 1.21. The van der Waals surface area contributed by atoms with Crippen LogP contribution in [0.25, 0.3) is 0 Å². The molecule has 1 heterocycles. The zero-order valence-electron chi connectivity index (χ0n) is 7.45. The quantitative estimate of drug-likeness (QED) is 0.786. The van der Waals surface area contributed by atoms with E-state index in [2.05, 4.69) is 5.32 Å². The number of primary amides is 1. The SMILES string of the molecule is NC(=O)c1ccc(NC(=O)C2CC2)s1. The maximum absolute atomic E-state index is 11.3. The summed E-state index contributed by atoms with van der Waals surface area (Å²) < 4.78 is 0. The minimum Gasteiger partial charge on any atom is -0.365 e. The van der Waals surface area contributed by atoms with E-state index in [0.717, 1.165) is 12.8 Å². The zero-order valence-corrected chi connectivity index (χ0v) is 8.26. The number of rotatable bonds is 3. The number of hydrogen-bond acceptors (Lipinski definition) is 3. The lowest BCUT2D eigenvalue weighted by Crippen LogP contribution is -2.12. The fourth-order valence-corrected chi connectivity index (χ4v) is 1.87. The van der Waals surface area contributed by atoms with Crippen LogP contribution in [0.3, 0.4) is 0 Å². The minimum absolute atomic E-state index is 0.0443. The molecular formula is C9H10N2O2S. The van der Waals surface area contributed by atoms with Crippen LogP contribution in [-0.2, 0) is 4.79 Å². The first-order valence-electron chi connectivity index (χ1n) is 4.37. The minimum atomic E-state index is -0.457. The second kappa shape index (κ2) is 3.42. The molecule has 1 aliphatic rings. The molecule has 0 unspecified atom stereocenters. The van der Waals surface area contributed by atoms with Crippen LogP contribution in [0.5, 0.6) is 0 Å². The molecule has 3 N–H and O–H groups in total. The fraction of sp³-hybridized carbons (Fsp3) is 0.333. The van der Waals surface area contributed by atoms with Crippen molar-refractivity contribution >= 4 is 28.2 Å². The Hall–Kier alpha value is -1.36. The van der Waals surface area contributed by atoms with Crippen LogP contribution in [0.4, 0.5) is 5.00 Å². The predicted octanol–water partition coefficient (Wildman–Crippen LogP) is 1.20. The first kappa shape index (κ1) is 9.21. The van der Waals surface area contributed by atoms with E-state index in [1.807, 2.05) is 0 Å². The Balaban J connectivity index is 2.02. The van der Waals surface area contributed by atoms with Crippen molar-refractivity contribution < 1.29 is 9.59 Å². The summed E-state index contributed by atoms with van der Waals surface area (Å²) in [4.78, 5) is 22.6. The summed E-state index contributed by atoms with van der Waals surface area (Å²) in [6.45, 7) is 0.